The summed E-state index contributed by atoms with van der Waals surface area (Å²) in [6.45, 7) is 2.78. The molecule has 0 saturated carbocycles. The quantitative estimate of drug-likeness (QED) is 0.825. The molecule has 1 aliphatic heterocycles. The second-order valence-electron chi connectivity index (χ2n) is 4.84. The van der Waals surface area contributed by atoms with Gasteiger partial charge in [0, 0.05) is 33.7 Å². The molecule has 0 fully saturated rings. The largest absolute Gasteiger partial charge is 0.383 e. The standard InChI is InChI=1S/C13H21ClN4O3/c1-17-4-8-21-6-3-11(19)18(5-7-20-2)10-9-15-13(14)16-12(10)17/h9,11,19H,3-8H2,1-2H3. The van der Waals surface area contributed by atoms with E-state index < -0.39 is 6.23 Å². The fraction of sp³-hybridized carbons (Fsp3) is 0.692. The van der Waals surface area contributed by atoms with E-state index in [0.29, 0.717) is 45.1 Å². The number of hydrogen-bond acceptors (Lipinski definition) is 7. The number of nitrogens with zero attached hydrogens (tertiary/aromatic N) is 4. The smallest absolute Gasteiger partial charge is 0.224 e. The monoisotopic (exact) mass is 316 g/mol. The fourth-order valence-electron chi connectivity index (χ4n) is 2.20. The van der Waals surface area contributed by atoms with Gasteiger partial charge in [-0.2, -0.15) is 4.98 Å². The van der Waals surface area contributed by atoms with Crippen molar-refractivity contribution in [1.82, 2.24) is 9.97 Å². The maximum atomic E-state index is 10.4. The zero-order valence-electron chi connectivity index (χ0n) is 12.3. The molecule has 118 valence electrons. The lowest BCUT2D eigenvalue weighted by molar-refractivity contribution is 0.0783. The highest BCUT2D eigenvalue weighted by molar-refractivity contribution is 6.28. The minimum Gasteiger partial charge on any atom is -0.383 e. The predicted octanol–water partition coefficient (Wildman–Crippen LogP) is 0.758. The minimum atomic E-state index is -0.685. The number of methoxy groups -OCH3 is 1. The molecule has 1 unspecified atom stereocenters. The predicted molar refractivity (Wildman–Crippen MR) is 81.0 cm³/mol. The Bertz CT molecular complexity index is 463. The molecule has 0 bridgehead atoms. The Labute approximate surface area is 129 Å². The van der Waals surface area contributed by atoms with Crippen molar-refractivity contribution in [1.29, 1.82) is 0 Å². The lowest BCUT2D eigenvalue weighted by Gasteiger charge is -2.33. The Morgan fingerprint density at radius 3 is 3.10 bits per heavy atom. The van der Waals surface area contributed by atoms with Crippen molar-refractivity contribution < 1.29 is 14.6 Å². The SMILES string of the molecule is COCCN1c2cnc(Cl)nc2N(C)CCOCCC1O. The maximum absolute atomic E-state index is 10.4. The average molecular weight is 317 g/mol. The van der Waals surface area contributed by atoms with Crippen LogP contribution in [0.5, 0.6) is 0 Å². The molecule has 1 atom stereocenters. The zero-order valence-corrected chi connectivity index (χ0v) is 13.1. The fourth-order valence-corrected chi connectivity index (χ4v) is 2.33. The summed E-state index contributed by atoms with van der Waals surface area (Å²) in [5.41, 5.74) is 0.744. The van der Waals surface area contributed by atoms with Gasteiger partial charge in [-0.3, -0.25) is 0 Å². The Hall–Kier alpha value is -1.15. The molecule has 8 heteroatoms. The number of aromatic nitrogens is 2. The molecule has 0 saturated heterocycles. The van der Waals surface area contributed by atoms with Gasteiger partial charge in [0.05, 0.1) is 26.0 Å². The summed E-state index contributed by atoms with van der Waals surface area (Å²) in [6, 6.07) is 0. The van der Waals surface area contributed by atoms with Gasteiger partial charge in [0.1, 0.15) is 11.9 Å². The molecule has 0 radical (unpaired) electrons. The van der Waals surface area contributed by atoms with Crippen LogP contribution in [0.4, 0.5) is 11.5 Å². The van der Waals surface area contributed by atoms with Crippen molar-refractivity contribution in [2.45, 2.75) is 12.6 Å². The Morgan fingerprint density at radius 1 is 1.52 bits per heavy atom. The van der Waals surface area contributed by atoms with Gasteiger partial charge in [-0.25, -0.2) is 4.98 Å². The van der Waals surface area contributed by atoms with Crippen LogP contribution in [-0.4, -0.2) is 68.4 Å². The van der Waals surface area contributed by atoms with E-state index in [1.807, 2.05) is 16.8 Å². The molecule has 0 aromatic carbocycles. The Morgan fingerprint density at radius 2 is 2.33 bits per heavy atom. The number of ether oxygens (including phenoxy) is 2. The van der Waals surface area contributed by atoms with E-state index in [2.05, 4.69) is 9.97 Å². The van der Waals surface area contributed by atoms with Crippen LogP contribution >= 0.6 is 11.6 Å². The van der Waals surface area contributed by atoms with Gasteiger partial charge >= 0.3 is 0 Å². The van der Waals surface area contributed by atoms with Crippen molar-refractivity contribution in [3.63, 3.8) is 0 Å². The van der Waals surface area contributed by atoms with E-state index in [0.717, 1.165) is 5.69 Å². The molecule has 1 aromatic rings. The summed E-state index contributed by atoms with van der Waals surface area (Å²) in [6.07, 6.45) is 1.47. The molecule has 1 aliphatic rings. The summed E-state index contributed by atoms with van der Waals surface area (Å²) in [7, 11) is 3.54. The van der Waals surface area contributed by atoms with Crippen molar-refractivity contribution in [2.75, 3.05) is 56.9 Å². The lowest BCUT2D eigenvalue weighted by Crippen LogP contribution is -2.41. The second kappa shape index (κ2) is 7.74. The molecule has 2 heterocycles. The zero-order chi connectivity index (χ0) is 15.2. The van der Waals surface area contributed by atoms with Crippen LogP contribution in [0.3, 0.4) is 0 Å². The topological polar surface area (TPSA) is 71.0 Å². The third-order valence-corrected chi connectivity index (χ3v) is 3.56. The van der Waals surface area contributed by atoms with Crippen LogP contribution < -0.4 is 9.80 Å². The van der Waals surface area contributed by atoms with Crippen molar-refractivity contribution >= 4 is 23.1 Å². The summed E-state index contributed by atoms with van der Waals surface area (Å²) in [5, 5.41) is 10.6. The molecular formula is C13H21ClN4O3. The molecule has 2 rings (SSSR count). The molecule has 0 spiro atoms. The lowest BCUT2D eigenvalue weighted by atomic mass is 10.2. The van der Waals surface area contributed by atoms with E-state index in [9.17, 15) is 5.11 Å². The third-order valence-electron chi connectivity index (χ3n) is 3.38. The number of halogens is 1. The normalized spacial score (nSPS) is 20.3. The first-order valence-corrected chi connectivity index (χ1v) is 7.26. The van der Waals surface area contributed by atoms with Gasteiger partial charge < -0.3 is 24.4 Å². The van der Waals surface area contributed by atoms with Crippen LogP contribution in [0.2, 0.25) is 5.28 Å². The molecule has 21 heavy (non-hydrogen) atoms. The highest BCUT2D eigenvalue weighted by Gasteiger charge is 2.23. The Kier molecular flexibility index (Phi) is 5.98. The van der Waals surface area contributed by atoms with Gasteiger partial charge in [0.2, 0.25) is 5.28 Å². The number of rotatable bonds is 3. The van der Waals surface area contributed by atoms with Crippen LogP contribution in [0, 0.1) is 0 Å². The Balaban J connectivity index is 2.38. The second-order valence-corrected chi connectivity index (χ2v) is 5.18. The van der Waals surface area contributed by atoms with Crippen LogP contribution in [-0.2, 0) is 9.47 Å². The summed E-state index contributed by atoms with van der Waals surface area (Å²) in [5.74, 6) is 0.677. The van der Waals surface area contributed by atoms with Crippen LogP contribution in [0.1, 0.15) is 6.42 Å². The van der Waals surface area contributed by atoms with E-state index in [-0.39, 0.29) is 5.28 Å². The molecular weight excluding hydrogens is 296 g/mol. The molecule has 1 aromatic heterocycles. The van der Waals surface area contributed by atoms with E-state index >= 15 is 0 Å². The highest BCUT2D eigenvalue weighted by atomic mass is 35.5. The third kappa shape index (κ3) is 4.16. The number of likely N-dealkylation sites (N-methyl/N-ethyl adjacent to an activating group) is 1. The van der Waals surface area contributed by atoms with Gasteiger partial charge in [-0.15, -0.1) is 0 Å². The number of hydrogen-bond donors (Lipinski definition) is 1. The molecule has 1 N–H and O–H groups in total. The van der Waals surface area contributed by atoms with E-state index in [1.165, 1.54) is 0 Å². The average Bonchev–Trinajstić information content (AvgIpc) is 2.47. The maximum Gasteiger partial charge on any atom is 0.224 e. The summed E-state index contributed by atoms with van der Waals surface area (Å²) in [4.78, 5) is 12.1. The first-order valence-electron chi connectivity index (χ1n) is 6.88. The molecule has 0 aliphatic carbocycles. The number of anilines is 2. The van der Waals surface area contributed by atoms with Crippen molar-refractivity contribution in [3.8, 4) is 0 Å². The van der Waals surface area contributed by atoms with E-state index in [4.69, 9.17) is 21.1 Å². The summed E-state index contributed by atoms with van der Waals surface area (Å²) >= 11 is 5.91. The summed E-state index contributed by atoms with van der Waals surface area (Å²) < 4.78 is 10.6. The van der Waals surface area contributed by atoms with Gasteiger partial charge in [0.15, 0.2) is 5.82 Å². The number of fused-ring (bicyclic) bond motifs is 1. The molecule has 0 amide bonds. The van der Waals surface area contributed by atoms with E-state index in [1.54, 1.807) is 13.3 Å². The van der Waals surface area contributed by atoms with Crippen LogP contribution in [0.25, 0.3) is 0 Å². The minimum absolute atomic E-state index is 0.180. The number of aliphatic hydroxyl groups is 1. The van der Waals surface area contributed by atoms with Crippen molar-refractivity contribution in [3.05, 3.63) is 11.5 Å². The number of aliphatic hydroxyl groups excluding tert-OH is 1. The van der Waals surface area contributed by atoms with Gasteiger partial charge in [-0.05, 0) is 11.6 Å². The first-order chi connectivity index (χ1) is 10.1. The van der Waals surface area contributed by atoms with Crippen molar-refractivity contribution in [2.24, 2.45) is 0 Å². The van der Waals surface area contributed by atoms with Gasteiger partial charge in [-0.1, -0.05) is 0 Å². The first kappa shape index (κ1) is 16.2. The molecule has 7 nitrogen and oxygen atoms in total. The van der Waals surface area contributed by atoms with Gasteiger partial charge in [0.25, 0.3) is 0 Å². The highest BCUT2D eigenvalue weighted by Crippen LogP contribution is 2.29. The van der Waals surface area contributed by atoms with Crippen LogP contribution in [0.15, 0.2) is 6.20 Å².